The van der Waals surface area contributed by atoms with Crippen molar-refractivity contribution in [1.82, 2.24) is 0 Å². The molecular formula is C23H18N2O5S. The number of amides is 1. The Morgan fingerprint density at radius 2 is 1.71 bits per heavy atom. The molecule has 0 radical (unpaired) electrons. The number of carbonyl (C=O) groups excluding carboxylic acids is 1. The van der Waals surface area contributed by atoms with Crippen LogP contribution in [0, 0.1) is 6.92 Å². The number of rotatable bonds is 5. The number of hydrogen-bond acceptors (Lipinski definition) is 5. The molecule has 1 aromatic heterocycles. The Balaban J connectivity index is 1.64. The van der Waals surface area contributed by atoms with E-state index in [9.17, 15) is 18.0 Å². The molecule has 0 unspecified atom stereocenters. The predicted molar refractivity (Wildman–Crippen MR) is 119 cm³/mol. The van der Waals surface area contributed by atoms with Crippen LogP contribution in [0.3, 0.4) is 0 Å². The van der Waals surface area contributed by atoms with Gasteiger partial charge in [0.1, 0.15) is 5.58 Å². The van der Waals surface area contributed by atoms with Gasteiger partial charge < -0.3 is 9.73 Å². The minimum absolute atomic E-state index is 0.0252. The van der Waals surface area contributed by atoms with Gasteiger partial charge in [-0.15, -0.1) is 0 Å². The molecule has 0 fully saturated rings. The molecule has 3 aromatic carbocycles. The highest BCUT2D eigenvalue weighted by atomic mass is 32.2. The van der Waals surface area contributed by atoms with Crippen molar-refractivity contribution < 1.29 is 17.6 Å². The van der Waals surface area contributed by atoms with Gasteiger partial charge in [0.15, 0.2) is 0 Å². The number of hydrogen-bond donors (Lipinski definition) is 2. The van der Waals surface area contributed by atoms with Crippen molar-refractivity contribution in [1.29, 1.82) is 0 Å². The van der Waals surface area contributed by atoms with Crippen molar-refractivity contribution in [3.63, 3.8) is 0 Å². The number of nitrogens with one attached hydrogen (secondary N) is 2. The van der Waals surface area contributed by atoms with E-state index in [0.717, 1.165) is 5.56 Å². The van der Waals surface area contributed by atoms with Crippen molar-refractivity contribution in [2.45, 2.75) is 11.8 Å². The average Bonchev–Trinajstić information content (AvgIpc) is 2.73. The molecule has 1 heterocycles. The minimum atomic E-state index is -4.00. The molecule has 0 aliphatic carbocycles. The second-order valence-electron chi connectivity index (χ2n) is 6.93. The van der Waals surface area contributed by atoms with Crippen LogP contribution in [0.5, 0.6) is 0 Å². The number of anilines is 2. The molecule has 0 atom stereocenters. The summed E-state index contributed by atoms with van der Waals surface area (Å²) < 4.78 is 33.4. The lowest BCUT2D eigenvalue weighted by Gasteiger charge is -2.13. The van der Waals surface area contributed by atoms with Crippen LogP contribution in [0.1, 0.15) is 15.9 Å². The van der Waals surface area contributed by atoms with Crippen molar-refractivity contribution in [3.05, 3.63) is 100 Å². The first-order chi connectivity index (χ1) is 14.8. The van der Waals surface area contributed by atoms with Gasteiger partial charge >= 0.3 is 5.63 Å². The Morgan fingerprint density at radius 3 is 2.52 bits per heavy atom. The van der Waals surface area contributed by atoms with Gasteiger partial charge in [0.25, 0.3) is 15.9 Å². The summed E-state index contributed by atoms with van der Waals surface area (Å²) >= 11 is 0. The van der Waals surface area contributed by atoms with Crippen LogP contribution in [0.25, 0.3) is 11.0 Å². The summed E-state index contributed by atoms with van der Waals surface area (Å²) in [5.41, 5.74) is 1.68. The fourth-order valence-corrected chi connectivity index (χ4v) is 4.23. The fourth-order valence-electron chi connectivity index (χ4n) is 3.11. The first-order valence-corrected chi connectivity index (χ1v) is 10.8. The van der Waals surface area contributed by atoms with E-state index in [1.54, 1.807) is 18.2 Å². The molecule has 0 spiro atoms. The second-order valence-corrected chi connectivity index (χ2v) is 8.61. The molecule has 4 rings (SSSR count). The fraction of sp³-hybridized carbons (Fsp3) is 0.0435. The number of para-hydroxylation sites is 1. The summed E-state index contributed by atoms with van der Waals surface area (Å²) in [6.07, 6.45) is 0. The third kappa shape index (κ3) is 4.49. The van der Waals surface area contributed by atoms with Gasteiger partial charge in [0.05, 0.1) is 16.1 Å². The third-order valence-corrected chi connectivity index (χ3v) is 5.96. The molecule has 7 nitrogen and oxygen atoms in total. The quantitative estimate of drug-likeness (QED) is 0.459. The molecule has 0 saturated heterocycles. The van der Waals surface area contributed by atoms with E-state index in [1.807, 2.05) is 25.1 Å². The first-order valence-electron chi connectivity index (χ1n) is 9.36. The predicted octanol–water partition coefficient (Wildman–Crippen LogP) is 4.15. The monoisotopic (exact) mass is 434 g/mol. The smallest absolute Gasteiger partial charge is 0.336 e. The van der Waals surface area contributed by atoms with Gasteiger partial charge in [-0.3, -0.25) is 9.52 Å². The average molecular weight is 434 g/mol. The van der Waals surface area contributed by atoms with Gasteiger partial charge in [-0.05, 0) is 61.0 Å². The van der Waals surface area contributed by atoms with Crippen LogP contribution in [0.2, 0.25) is 0 Å². The molecule has 8 heteroatoms. The molecule has 0 bridgehead atoms. The summed E-state index contributed by atoms with van der Waals surface area (Å²) in [6, 6.07) is 20.5. The van der Waals surface area contributed by atoms with Crippen LogP contribution in [-0.4, -0.2) is 14.3 Å². The van der Waals surface area contributed by atoms with E-state index in [2.05, 4.69) is 10.0 Å². The lowest BCUT2D eigenvalue weighted by atomic mass is 10.1. The topological polar surface area (TPSA) is 105 Å². The summed E-state index contributed by atoms with van der Waals surface area (Å²) in [6.45, 7) is 1.91. The summed E-state index contributed by atoms with van der Waals surface area (Å²) in [5, 5.41) is 3.24. The van der Waals surface area contributed by atoms with Crippen LogP contribution >= 0.6 is 0 Å². The normalized spacial score (nSPS) is 11.3. The molecule has 2 N–H and O–H groups in total. The molecular weight excluding hydrogens is 416 g/mol. The summed E-state index contributed by atoms with van der Waals surface area (Å²) in [5.74, 6) is -0.441. The van der Waals surface area contributed by atoms with E-state index in [0.29, 0.717) is 11.1 Å². The molecule has 0 aliphatic heterocycles. The maximum atomic E-state index is 13.0. The number of carbonyl (C=O) groups is 1. The van der Waals surface area contributed by atoms with Crippen molar-refractivity contribution in [2.75, 3.05) is 10.0 Å². The number of benzene rings is 3. The standard InChI is InChI=1S/C23H18N2O5S/c1-15-5-4-6-17(13-15)24-23(27)19-7-2-3-8-20(19)25-31(28,29)18-10-11-21-16(14-18)9-12-22(26)30-21/h2-14,25H,1H3,(H,24,27). The van der Waals surface area contributed by atoms with Crippen molar-refractivity contribution >= 4 is 38.3 Å². The lowest BCUT2D eigenvalue weighted by Crippen LogP contribution is -2.18. The van der Waals surface area contributed by atoms with Gasteiger partial charge in [-0.1, -0.05) is 24.3 Å². The summed E-state index contributed by atoms with van der Waals surface area (Å²) in [4.78, 5) is 24.1. The zero-order chi connectivity index (χ0) is 22.0. The van der Waals surface area contributed by atoms with Crippen LogP contribution in [0.4, 0.5) is 11.4 Å². The minimum Gasteiger partial charge on any atom is -0.423 e. The van der Waals surface area contributed by atoms with Gasteiger partial charge in [-0.25, -0.2) is 13.2 Å². The molecule has 4 aromatic rings. The Morgan fingerprint density at radius 1 is 0.903 bits per heavy atom. The van der Waals surface area contributed by atoms with Gasteiger partial charge in [0.2, 0.25) is 0 Å². The van der Waals surface area contributed by atoms with E-state index >= 15 is 0 Å². The maximum Gasteiger partial charge on any atom is 0.336 e. The Bertz CT molecular complexity index is 1460. The van der Waals surface area contributed by atoms with E-state index in [1.165, 1.54) is 42.5 Å². The molecule has 1 amide bonds. The zero-order valence-corrected chi connectivity index (χ0v) is 17.3. The first kappa shape index (κ1) is 20.4. The van der Waals surface area contributed by atoms with Crippen LogP contribution < -0.4 is 15.7 Å². The van der Waals surface area contributed by atoms with Crippen molar-refractivity contribution in [2.24, 2.45) is 0 Å². The largest absolute Gasteiger partial charge is 0.423 e. The number of sulfonamides is 1. The lowest BCUT2D eigenvalue weighted by molar-refractivity contribution is 0.102. The maximum absolute atomic E-state index is 13.0. The molecule has 0 saturated carbocycles. The van der Waals surface area contributed by atoms with E-state index in [4.69, 9.17) is 4.42 Å². The Hall–Kier alpha value is -3.91. The Kier molecular flexibility index (Phi) is 5.31. The highest BCUT2D eigenvalue weighted by molar-refractivity contribution is 7.92. The summed E-state index contributed by atoms with van der Waals surface area (Å²) in [7, 11) is -4.00. The van der Waals surface area contributed by atoms with Gasteiger partial charge in [-0.2, -0.15) is 0 Å². The highest BCUT2D eigenvalue weighted by Crippen LogP contribution is 2.24. The van der Waals surface area contributed by atoms with E-state index in [-0.39, 0.29) is 21.7 Å². The van der Waals surface area contributed by atoms with E-state index < -0.39 is 21.6 Å². The zero-order valence-electron chi connectivity index (χ0n) is 16.5. The number of aryl methyl sites for hydroxylation is 1. The number of fused-ring (bicyclic) bond motifs is 1. The SMILES string of the molecule is Cc1cccc(NC(=O)c2ccccc2NS(=O)(=O)c2ccc3oc(=O)ccc3c2)c1. The van der Waals surface area contributed by atoms with Crippen LogP contribution in [0.15, 0.2) is 93.0 Å². The van der Waals surface area contributed by atoms with Crippen molar-refractivity contribution in [3.8, 4) is 0 Å². The Labute approximate surface area is 178 Å². The van der Waals surface area contributed by atoms with Gasteiger partial charge in [0, 0.05) is 17.1 Å². The highest BCUT2D eigenvalue weighted by Gasteiger charge is 2.19. The second kappa shape index (κ2) is 8.08. The molecule has 156 valence electrons. The molecule has 0 aliphatic rings. The molecule has 31 heavy (non-hydrogen) atoms. The third-order valence-electron chi connectivity index (χ3n) is 4.59. The van der Waals surface area contributed by atoms with Crippen LogP contribution in [-0.2, 0) is 10.0 Å².